The van der Waals surface area contributed by atoms with Crippen LogP contribution < -0.4 is 15.9 Å². The van der Waals surface area contributed by atoms with E-state index in [0.29, 0.717) is 0 Å². The molecule has 2 atom stereocenters. The van der Waals surface area contributed by atoms with Crippen molar-refractivity contribution in [3.8, 4) is 11.4 Å². The van der Waals surface area contributed by atoms with Gasteiger partial charge in [0.2, 0.25) is 0 Å². The molecule has 314 valence electrons. The molecule has 67 heavy (non-hydrogen) atoms. The van der Waals surface area contributed by atoms with Crippen molar-refractivity contribution in [3.63, 3.8) is 0 Å². The Hall–Kier alpha value is -7.82. The molecule has 0 fully saturated rings. The first-order valence-electron chi connectivity index (χ1n) is 22.8. The summed E-state index contributed by atoms with van der Waals surface area (Å²) < 4.78 is 28.1. The highest BCUT2D eigenvalue weighted by molar-refractivity contribution is 7.99. The molecule has 5 heterocycles. The fourth-order valence-corrected chi connectivity index (χ4v) is 16.4. The maximum Gasteiger partial charge on any atom is 0.171 e. The minimum absolute atomic E-state index is 0.743. The molecule has 0 amide bonds. The van der Waals surface area contributed by atoms with E-state index < -0.39 is 12.6 Å². The van der Waals surface area contributed by atoms with Crippen LogP contribution in [0.25, 0.3) is 76.9 Å². The molecule has 0 saturated carbocycles. The Balaban J connectivity index is 1.04. The Morgan fingerprint density at radius 1 is 0.388 bits per heavy atom. The van der Waals surface area contributed by atoms with Crippen molar-refractivity contribution in [3.05, 3.63) is 247 Å². The highest BCUT2D eigenvalue weighted by atomic mass is 32.2. The van der Waals surface area contributed by atoms with Gasteiger partial charge in [0.05, 0.1) is 27.5 Å². The lowest BCUT2D eigenvalue weighted by Crippen LogP contribution is -2.48. The molecule has 2 unspecified atom stereocenters. The van der Waals surface area contributed by atoms with Crippen LogP contribution in [0.5, 0.6) is 0 Å². The zero-order chi connectivity index (χ0) is 44.0. The highest BCUT2D eigenvalue weighted by Gasteiger charge is 2.54. The normalized spacial score (nSPS) is 17.4. The monoisotopic (exact) mass is 892 g/mol. The molecule has 0 N–H and O–H groups in total. The molecule has 10 aromatic carbocycles. The van der Waals surface area contributed by atoms with Crippen LogP contribution in [-0.2, 0) is 9.98 Å². The molecule has 0 bridgehead atoms. The fourth-order valence-electron chi connectivity index (χ4n) is 12.0. The first-order chi connectivity index (χ1) is 33.1. The Bertz CT molecular complexity index is 4300. The fraction of sp³-hybridized carbons (Fsp3) is 0.0164. The second-order valence-corrected chi connectivity index (χ2v) is 21.6. The van der Waals surface area contributed by atoms with Crippen molar-refractivity contribution in [1.29, 1.82) is 0 Å². The quantitative estimate of drug-likeness (QED) is 0.166. The lowest BCUT2D eigenvalue weighted by Gasteiger charge is -2.47. The third kappa shape index (κ3) is 4.82. The number of nitrogens with zero attached hydrogens (tertiary/aromatic N) is 2. The lowest BCUT2D eigenvalue weighted by molar-refractivity contribution is 0.589. The molecule has 15 rings (SSSR count). The molecule has 2 aliphatic rings. The van der Waals surface area contributed by atoms with Crippen LogP contribution in [0.2, 0.25) is 0 Å². The maximum absolute atomic E-state index is 16.7. The summed E-state index contributed by atoms with van der Waals surface area (Å²) in [5, 5.41) is 9.51. The van der Waals surface area contributed by atoms with Crippen LogP contribution in [0.15, 0.2) is 239 Å². The summed E-state index contributed by atoms with van der Waals surface area (Å²) in [6, 6.07) is 80.2. The molecule has 3 aromatic heterocycles. The number of rotatable bonds is 3. The molecule has 0 saturated heterocycles. The predicted octanol–water partition coefficient (Wildman–Crippen LogP) is 14.6. The van der Waals surface area contributed by atoms with Gasteiger partial charge in [0.15, 0.2) is 7.14 Å². The number of fused-ring (bicyclic) bond motifs is 18. The third-order valence-corrected chi connectivity index (χ3v) is 18.9. The van der Waals surface area contributed by atoms with Crippen LogP contribution in [0, 0.1) is 0 Å². The summed E-state index contributed by atoms with van der Waals surface area (Å²) in [7, 11) is -3.44. The van der Waals surface area contributed by atoms with Crippen molar-refractivity contribution in [2.45, 2.75) is 15.2 Å². The van der Waals surface area contributed by atoms with Gasteiger partial charge in [-0.15, -0.1) is 0 Å². The van der Waals surface area contributed by atoms with E-state index in [1.54, 1.807) is 0 Å². The molecule has 0 radical (unpaired) electrons. The zero-order valence-corrected chi connectivity index (χ0v) is 37.6. The van der Waals surface area contributed by atoms with Crippen molar-refractivity contribution in [1.82, 2.24) is 9.13 Å². The van der Waals surface area contributed by atoms with Crippen LogP contribution in [0.1, 0.15) is 22.3 Å². The van der Waals surface area contributed by atoms with Crippen LogP contribution in [-0.4, -0.2) is 9.13 Å². The van der Waals surface area contributed by atoms with E-state index in [9.17, 15) is 0 Å². The van der Waals surface area contributed by atoms with Gasteiger partial charge in [-0.3, -0.25) is 0 Å². The minimum Gasteiger partial charge on any atom is -0.456 e. The largest absolute Gasteiger partial charge is 0.456 e. The molecular formula is C61H37N2O2PS. The van der Waals surface area contributed by atoms with Crippen molar-refractivity contribution < 1.29 is 8.98 Å². The van der Waals surface area contributed by atoms with Gasteiger partial charge in [0, 0.05) is 69.4 Å². The summed E-state index contributed by atoms with van der Waals surface area (Å²) in [6.45, 7) is 0. The van der Waals surface area contributed by atoms with E-state index in [1.807, 2.05) is 54.2 Å². The van der Waals surface area contributed by atoms with Crippen molar-refractivity contribution in [2.24, 2.45) is 0 Å². The third-order valence-electron chi connectivity index (χ3n) is 14.6. The summed E-state index contributed by atoms with van der Waals surface area (Å²) in [5.74, 6) is 0. The van der Waals surface area contributed by atoms with Crippen molar-refractivity contribution in [2.75, 3.05) is 0 Å². The Labute approximate surface area is 389 Å². The SMILES string of the molecule is O=P1(c2ccccc2)c2ccccc2C2(c3ccccc3Sc3cc(-n4c5ccccc5c5c6c7ccccc7n(-c7ccccc7)c6ccc54)ccc32)c2cc3c(cc21)oc1ccccc13. The van der Waals surface area contributed by atoms with Gasteiger partial charge in [0.1, 0.15) is 11.2 Å². The van der Waals surface area contributed by atoms with E-state index in [2.05, 4.69) is 191 Å². The lowest BCUT2D eigenvalue weighted by atomic mass is 9.64. The van der Waals surface area contributed by atoms with E-state index in [-0.39, 0.29) is 0 Å². The van der Waals surface area contributed by atoms with Gasteiger partial charge < -0.3 is 18.1 Å². The van der Waals surface area contributed by atoms with Gasteiger partial charge >= 0.3 is 0 Å². The van der Waals surface area contributed by atoms with E-state index >= 15 is 4.57 Å². The van der Waals surface area contributed by atoms with E-state index in [0.717, 1.165) is 71.4 Å². The molecule has 0 aliphatic carbocycles. The molecular weight excluding hydrogens is 856 g/mol. The molecule has 4 nitrogen and oxygen atoms in total. The second kappa shape index (κ2) is 13.6. The first kappa shape index (κ1) is 37.4. The number of aromatic nitrogens is 2. The summed E-state index contributed by atoms with van der Waals surface area (Å²) in [4.78, 5) is 2.34. The number of hydrogen-bond donors (Lipinski definition) is 0. The number of benzene rings is 10. The minimum atomic E-state index is -3.44. The standard InChI is InChI=1S/C61H37N2O2PS/c64-66(40-19-5-2-6-20-40)55-29-15-10-24-45(55)61(48-36-44-41-21-9-14-28-53(41)65-54(44)37-56(48)66)46-25-11-16-30-57(46)67-58-35-39(31-32-47(58)61)63-50-27-13-8-23-43(50)60-52(63)34-33-51-59(60)42-22-7-12-26-49(42)62(51)38-17-3-1-4-18-38/h1-37H. The van der Waals surface area contributed by atoms with Gasteiger partial charge in [-0.25, -0.2) is 0 Å². The second-order valence-electron chi connectivity index (χ2n) is 17.8. The summed E-state index contributed by atoms with van der Waals surface area (Å²) in [6.07, 6.45) is 0. The summed E-state index contributed by atoms with van der Waals surface area (Å²) >= 11 is 1.83. The highest BCUT2D eigenvalue weighted by Crippen LogP contribution is 2.62. The zero-order valence-electron chi connectivity index (χ0n) is 35.9. The molecule has 13 aromatic rings. The Kier molecular flexibility index (Phi) is 7.60. The van der Waals surface area contributed by atoms with Gasteiger partial charge in [-0.2, -0.15) is 0 Å². The topological polar surface area (TPSA) is 40.1 Å². The molecule has 1 spiro atoms. The van der Waals surface area contributed by atoms with Crippen LogP contribution in [0.4, 0.5) is 0 Å². The number of para-hydroxylation sites is 4. The van der Waals surface area contributed by atoms with Crippen LogP contribution >= 0.6 is 18.9 Å². The maximum atomic E-state index is 16.7. The smallest absolute Gasteiger partial charge is 0.171 e. The number of hydrogen-bond acceptors (Lipinski definition) is 3. The number of furan rings is 1. The molecule has 6 heteroatoms. The van der Waals surface area contributed by atoms with Gasteiger partial charge in [-0.05, 0) is 95.1 Å². The van der Waals surface area contributed by atoms with Gasteiger partial charge in [0.25, 0.3) is 0 Å². The van der Waals surface area contributed by atoms with Crippen molar-refractivity contribution >= 4 is 100 Å². The predicted molar refractivity (Wildman–Crippen MR) is 278 cm³/mol. The first-order valence-corrected chi connectivity index (χ1v) is 25.3. The average Bonchev–Trinajstić information content (AvgIpc) is 4.05. The van der Waals surface area contributed by atoms with E-state index in [4.69, 9.17) is 4.42 Å². The van der Waals surface area contributed by atoms with Crippen LogP contribution in [0.3, 0.4) is 0 Å². The van der Waals surface area contributed by atoms with E-state index in [1.165, 1.54) is 53.5 Å². The molecule has 2 aliphatic heterocycles. The Morgan fingerprint density at radius 2 is 0.970 bits per heavy atom. The summed E-state index contributed by atoms with van der Waals surface area (Å²) in [5.41, 5.74) is 12.1. The average molecular weight is 893 g/mol. The Morgan fingerprint density at radius 3 is 1.72 bits per heavy atom. The van der Waals surface area contributed by atoms with Gasteiger partial charge in [-0.1, -0.05) is 163 Å².